The third-order valence-corrected chi connectivity index (χ3v) is 2.48. The van der Waals surface area contributed by atoms with Crippen LogP contribution in [0.25, 0.3) is 0 Å². The Labute approximate surface area is 103 Å². The van der Waals surface area contributed by atoms with Crippen LogP contribution in [0.1, 0.15) is 11.5 Å². The summed E-state index contributed by atoms with van der Waals surface area (Å²) in [6.07, 6.45) is 0. The maximum atomic E-state index is 5.95. The molecule has 16 heavy (non-hydrogen) atoms. The van der Waals surface area contributed by atoms with Crippen molar-refractivity contribution in [3.05, 3.63) is 45.8 Å². The quantitative estimate of drug-likeness (QED) is 0.838. The van der Waals surface area contributed by atoms with Gasteiger partial charge >= 0.3 is 0 Å². The number of aromatic nitrogens is 1. The summed E-state index contributed by atoms with van der Waals surface area (Å²) in [6, 6.07) is 6.88. The van der Waals surface area contributed by atoms with Gasteiger partial charge in [-0.1, -0.05) is 28.4 Å². The minimum absolute atomic E-state index is 0.318. The second-order valence-corrected chi connectivity index (χ2v) is 4.14. The topological polar surface area (TPSA) is 35.3 Å². The lowest BCUT2D eigenvalue weighted by Crippen LogP contribution is -1.95. The van der Waals surface area contributed by atoms with Gasteiger partial charge in [-0.05, 0) is 25.1 Å². The molecule has 0 atom stereocenters. The van der Waals surface area contributed by atoms with Crippen LogP contribution in [-0.4, -0.2) is 5.16 Å². The first kappa shape index (κ1) is 11.3. The number of benzene rings is 1. The van der Waals surface area contributed by atoms with E-state index in [4.69, 9.17) is 32.5 Å². The zero-order valence-electron chi connectivity index (χ0n) is 8.54. The van der Waals surface area contributed by atoms with Crippen molar-refractivity contribution < 1.29 is 9.26 Å². The molecule has 0 aliphatic heterocycles. The molecule has 0 aliphatic rings. The van der Waals surface area contributed by atoms with E-state index < -0.39 is 0 Å². The average Bonchev–Trinajstić information content (AvgIpc) is 2.63. The van der Waals surface area contributed by atoms with Crippen LogP contribution in [0.3, 0.4) is 0 Å². The molecule has 0 N–H and O–H groups in total. The summed E-state index contributed by atoms with van der Waals surface area (Å²) in [6.45, 7) is 2.14. The van der Waals surface area contributed by atoms with Crippen molar-refractivity contribution in [2.24, 2.45) is 0 Å². The summed E-state index contributed by atoms with van der Waals surface area (Å²) in [5.41, 5.74) is 0.725. The van der Waals surface area contributed by atoms with Crippen LogP contribution in [0.4, 0.5) is 0 Å². The fraction of sp³-hybridized carbons (Fsp3) is 0.182. The van der Waals surface area contributed by atoms with Gasteiger partial charge in [0.05, 0.1) is 5.02 Å². The zero-order valence-corrected chi connectivity index (χ0v) is 10.0. The van der Waals surface area contributed by atoms with Gasteiger partial charge < -0.3 is 9.26 Å². The van der Waals surface area contributed by atoms with Gasteiger partial charge in [-0.25, -0.2) is 0 Å². The van der Waals surface area contributed by atoms with Gasteiger partial charge in [0.1, 0.15) is 23.8 Å². The van der Waals surface area contributed by atoms with Crippen LogP contribution in [-0.2, 0) is 6.61 Å². The summed E-state index contributed by atoms with van der Waals surface area (Å²) in [7, 11) is 0. The van der Waals surface area contributed by atoms with Crippen molar-refractivity contribution in [1.29, 1.82) is 0 Å². The van der Waals surface area contributed by atoms with E-state index in [9.17, 15) is 0 Å². The van der Waals surface area contributed by atoms with Gasteiger partial charge in [-0.3, -0.25) is 0 Å². The fourth-order valence-electron chi connectivity index (χ4n) is 1.23. The van der Waals surface area contributed by atoms with Crippen molar-refractivity contribution >= 4 is 23.2 Å². The van der Waals surface area contributed by atoms with Crippen LogP contribution >= 0.6 is 23.2 Å². The minimum Gasteiger partial charge on any atom is -0.486 e. The molecule has 84 valence electrons. The first-order valence-corrected chi connectivity index (χ1v) is 5.41. The molecule has 0 bridgehead atoms. The van der Waals surface area contributed by atoms with Gasteiger partial charge in [0.25, 0.3) is 0 Å². The number of hydrogen-bond acceptors (Lipinski definition) is 3. The van der Waals surface area contributed by atoms with E-state index in [0.717, 1.165) is 11.5 Å². The highest BCUT2D eigenvalue weighted by molar-refractivity contribution is 6.35. The van der Waals surface area contributed by atoms with Crippen molar-refractivity contribution in [3.63, 3.8) is 0 Å². The average molecular weight is 258 g/mol. The second kappa shape index (κ2) is 4.76. The highest BCUT2D eigenvalue weighted by Gasteiger charge is 2.05. The fourth-order valence-corrected chi connectivity index (χ4v) is 1.69. The lowest BCUT2D eigenvalue weighted by molar-refractivity contribution is 0.288. The summed E-state index contributed by atoms with van der Waals surface area (Å²) >= 11 is 11.7. The molecule has 1 aromatic heterocycles. The van der Waals surface area contributed by atoms with Crippen molar-refractivity contribution in [2.75, 3.05) is 0 Å². The number of nitrogens with zero attached hydrogens (tertiary/aromatic N) is 1. The van der Waals surface area contributed by atoms with Crippen molar-refractivity contribution in [2.45, 2.75) is 13.5 Å². The lowest BCUT2D eigenvalue weighted by atomic mass is 10.3. The molecule has 0 amide bonds. The Morgan fingerprint density at radius 1 is 1.31 bits per heavy atom. The number of aryl methyl sites for hydroxylation is 1. The molecule has 0 fully saturated rings. The van der Waals surface area contributed by atoms with Crippen LogP contribution in [0.2, 0.25) is 10.0 Å². The minimum atomic E-state index is 0.318. The van der Waals surface area contributed by atoms with E-state index >= 15 is 0 Å². The Kier molecular flexibility index (Phi) is 3.36. The molecule has 2 aromatic rings. The maximum Gasteiger partial charge on any atom is 0.138 e. The highest BCUT2D eigenvalue weighted by Crippen LogP contribution is 2.28. The summed E-state index contributed by atoms with van der Waals surface area (Å²) in [5.74, 6) is 1.33. The van der Waals surface area contributed by atoms with E-state index in [-0.39, 0.29) is 0 Å². The Bertz CT molecular complexity index is 496. The third-order valence-electron chi connectivity index (χ3n) is 1.95. The van der Waals surface area contributed by atoms with Gasteiger partial charge in [0.15, 0.2) is 0 Å². The van der Waals surface area contributed by atoms with Crippen LogP contribution in [0, 0.1) is 6.92 Å². The summed E-state index contributed by atoms with van der Waals surface area (Å²) < 4.78 is 10.4. The maximum absolute atomic E-state index is 5.95. The Morgan fingerprint density at radius 2 is 2.12 bits per heavy atom. The van der Waals surface area contributed by atoms with Crippen LogP contribution < -0.4 is 4.74 Å². The third kappa shape index (κ3) is 2.68. The van der Waals surface area contributed by atoms with Gasteiger partial charge in [-0.15, -0.1) is 0 Å². The lowest BCUT2D eigenvalue weighted by Gasteiger charge is -2.05. The standard InChI is InChI=1S/C11H9Cl2NO2/c1-7-4-9(14-16-7)6-15-11-3-2-8(12)5-10(11)13/h2-5H,6H2,1H3. The van der Waals surface area contributed by atoms with Crippen molar-refractivity contribution in [1.82, 2.24) is 5.16 Å². The van der Waals surface area contributed by atoms with E-state index in [1.54, 1.807) is 18.2 Å². The van der Waals surface area contributed by atoms with Gasteiger partial charge in [0.2, 0.25) is 0 Å². The van der Waals surface area contributed by atoms with Gasteiger partial charge in [-0.2, -0.15) is 0 Å². The Hall–Kier alpha value is -1.19. The van der Waals surface area contributed by atoms with Gasteiger partial charge in [0, 0.05) is 11.1 Å². The van der Waals surface area contributed by atoms with Crippen LogP contribution in [0.5, 0.6) is 5.75 Å². The molecule has 1 heterocycles. The number of ether oxygens (including phenoxy) is 1. The molecule has 0 saturated carbocycles. The summed E-state index contributed by atoms with van der Waals surface area (Å²) in [4.78, 5) is 0. The molecule has 0 radical (unpaired) electrons. The number of hydrogen-bond donors (Lipinski definition) is 0. The Balaban J connectivity index is 2.04. The molecule has 0 spiro atoms. The molecular weight excluding hydrogens is 249 g/mol. The predicted molar refractivity (Wildman–Crippen MR) is 62.0 cm³/mol. The first-order chi connectivity index (χ1) is 7.65. The Morgan fingerprint density at radius 3 is 2.75 bits per heavy atom. The number of halogens is 2. The molecule has 3 nitrogen and oxygen atoms in total. The van der Waals surface area contributed by atoms with Crippen molar-refractivity contribution in [3.8, 4) is 5.75 Å². The molecular formula is C11H9Cl2NO2. The second-order valence-electron chi connectivity index (χ2n) is 3.29. The molecule has 0 unspecified atom stereocenters. The highest BCUT2D eigenvalue weighted by atomic mass is 35.5. The molecule has 0 aliphatic carbocycles. The SMILES string of the molecule is Cc1cc(COc2ccc(Cl)cc2Cl)no1. The monoisotopic (exact) mass is 257 g/mol. The van der Waals surface area contributed by atoms with E-state index in [1.165, 1.54) is 0 Å². The normalized spacial score (nSPS) is 10.4. The van der Waals surface area contributed by atoms with Crippen LogP contribution in [0.15, 0.2) is 28.8 Å². The van der Waals surface area contributed by atoms with E-state index in [0.29, 0.717) is 22.4 Å². The zero-order chi connectivity index (χ0) is 11.5. The predicted octanol–water partition coefficient (Wildman–Crippen LogP) is 3.87. The number of rotatable bonds is 3. The largest absolute Gasteiger partial charge is 0.486 e. The summed E-state index contributed by atoms with van der Waals surface area (Å²) in [5, 5.41) is 4.87. The van der Waals surface area contributed by atoms with E-state index in [1.807, 2.05) is 13.0 Å². The molecule has 5 heteroatoms. The molecule has 0 saturated heterocycles. The smallest absolute Gasteiger partial charge is 0.138 e. The molecule has 1 aromatic carbocycles. The first-order valence-electron chi connectivity index (χ1n) is 4.65. The van der Waals surface area contributed by atoms with E-state index in [2.05, 4.69) is 5.16 Å². The molecule has 2 rings (SSSR count).